The zero-order valence-electron chi connectivity index (χ0n) is 8.43. The predicted molar refractivity (Wildman–Crippen MR) is 53.8 cm³/mol. The van der Waals surface area contributed by atoms with Gasteiger partial charge in [0.1, 0.15) is 0 Å². The molecule has 0 aromatic heterocycles. The Bertz CT molecular complexity index is 137. The van der Waals surface area contributed by atoms with E-state index in [1.807, 2.05) is 0 Å². The Kier molecular flexibility index (Phi) is 3.62. The van der Waals surface area contributed by atoms with E-state index in [0.29, 0.717) is 0 Å². The van der Waals surface area contributed by atoms with Gasteiger partial charge in [0.05, 0.1) is 0 Å². The molecule has 0 radical (unpaired) electrons. The second kappa shape index (κ2) is 4.97. The van der Waals surface area contributed by atoms with Crippen molar-refractivity contribution in [2.24, 2.45) is 5.92 Å². The highest BCUT2D eigenvalue weighted by Gasteiger charge is 2.19. The van der Waals surface area contributed by atoms with Crippen LogP contribution in [-0.2, 0) is 4.74 Å². The van der Waals surface area contributed by atoms with E-state index in [9.17, 15) is 0 Å². The minimum atomic E-state index is 0.739. The first-order valence-corrected chi connectivity index (χ1v) is 5.76. The Hall–Kier alpha value is -0.0800. The van der Waals surface area contributed by atoms with Crippen molar-refractivity contribution in [3.8, 4) is 0 Å². The average molecular weight is 183 g/mol. The minimum Gasteiger partial charge on any atom is -0.381 e. The van der Waals surface area contributed by atoms with Crippen molar-refractivity contribution >= 4 is 0 Å². The summed E-state index contributed by atoms with van der Waals surface area (Å²) in [7, 11) is 0. The lowest BCUT2D eigenvalue weighted by molar-refractivity contribution is 0.142. The van der Waals surface area contributed by atoms with Gasteiger partial charge in [-0.15, -0.1) is 0 Å². The van der Waals surface area contributed by atoms with Crippen LogP contribution in [0.25, 0.3) is 0 Å². The molecule has 2 fully saturated rings. The first-order chi connectivity index (χ1) is 6.45. The summed E-state index contributed by atoms with van der Waals surface area (Å²) in [6.07, 6.45) is 8.13. The van der Waals surface area contributed by atoms with E-state index in [1.165, 1.54) is 45.1 Å². The smallest absolute Gasteiger partial charge is 0.0480 e. The molecule has 0 bridgehead atoms. The van der Waals surface area contributed by atoms with Gasteiger partial charge in [-0.1, -0.05) is 6.42 Å². The van der Waals surface area contributed by atoms with Crippen LogP contribution in [0, 0.1) is 5.92 Å². The van der Waals surface area contributed by atoms with Gasteiger partial charge >= 0.3 is 0 Å². The molecular weight excluding hydrogens is 162 g/mol. The van der Waals surface area contributed by atoms with Crippen LogP contribution in [0.1, 0.15) is 38.5 Å². The third-order valence-electron chi connectivity index (χ3n) is 3.37. The maximum Gasteiger partial charge on any atom is 0.0480 e. The molecule has 76 valence electrons. The third-order valence-corrected chi connectivity index (χ3v) is 3.37. The molecule has 2 aliphatic rings. The van der Waals surface area contributed by atoms with Gasteiger partial charge in [0.25, 0.3) is 0 Å². The number of hydrogen-bond acceptors (Lipinski definition) is 2. The van der Waals surface area contributed by atoms with Gasteiger partial charge in [0.2, 0.25) is 0 Å². The number of ether oxygens (including phenoxy) is 1. The molecule has 0 amide bonds. The molecule has 1 aliphatic carbocycles. The molecule has 0 aromatic carbocycles. The fourth-order valence-electron chi connectivity index (χ4n) is 2.14. The molecule has 1 heterocycles. The number of rotatable bonds is 3. The Labute approximate surface area is 81.0 Å². The average Bonchev–Trinajstić information content (AvgIpc) is 2.30. The number of hydrogen-bond donors (Lipinski definition) is 1. The van der Waals surface area contributed by atoms with Gasteiger partial charge in [-0.25, -0.2) is 0 Å². The second-order valence-electron chi connectivity index (χ2n) is 4.45. The molecule has 1 N–H and O–H groups in total. The Morgan fingerprint density at radius 2 is 1.92 bits per heavy atom. The highest BCUT2D eigenvalue weighted by atomic mass is 16.5. The Balaban J connectivity index is 1.61. The quantitative estimate of drug-likeness (QED) is 0.722. The monoisotopic (exact) mass is 183 g/mol. The molecule has 1 saturated carbocycles. The second-order valence-corrected chi connectivity index (χ2v) is 4.45. The largest absolute Gasteiger partial charge is 0.381 e. The molecule has 0 spiro atoms. The summed E-state index contributed by atoms with van der Waals surface area (Å²) < 4.78 is 5.43. The van der Waals surface area contributed by atoms with Crippen molar-refractivity contribution in [3.63, 3.8) is 0 Å². The van der Waals surface area contributed by atoms with E-state index in [2.05, 4.69) is 5.32 Å². The highest BCUT2D eigenvalue weighted by Crippen LogP contribution is 2.25. The summed E-state index contributed by atoms with van der Waals surface area (Å²) in [5, 5.41) is 3.68. The maximum atomic E-state index is 5.43. The first kappa shape index (κ1) is 9.47. The van der Waals surface area contributed by atoms with Crippen molar-refractivity contribution in [2.75, 3.05) is 19.8 Å². The van der Waals surface area contributed by atoms with Crippen molar-refractivity contribution in [2.45, 2.75) is 44.6 Å². The highest BCUT2D eigenvalue weighted by molar-refractivity contribution is 4.76. The van der Waals surface area contributed by atoms with Crippen LogP contribution < -0.4 is 5.32 Å². The standard InChI is InChI=1S/C11H21NO/c1-3-10(4-1)9-12-11-5-2-7-13-8-6-11/h10-12H,1-9H2. The summed E-state index contributed by atoms with van der Waals surface area (Å²) in [5.74, 6) is 0.990. The normalized spacial score (nSPS) is 30.9. The zero-order valence-corrected chi connectivity index (χ0v) is 8.43. The van der Waals surface area contributed by atoms with E-state index in [1.54, 1.807) is 0 Å². The molecule has 1 saturated heterocycles. The molecule has 1 unspecified atom stereocenters. The van der Waals surface area contributed by atoms with Crippen molar-refractivity contribution in [1.29, 1.82) is 0 Å². The molecular formula is C11H21NO. The van der Waals surface area contributed by atoms with Crippen LogP contribution in [0.2, 0.25) is 0 Å². The van der Waals surface area contributed by atoms with Gasteiger partial charge in [-0.2, -0.15) is 0 Å². The minimum absolute atomic E-state index is 0.739. The van der Waals surface area contributed by atoms with Gasteiger partial charge in [0, 0.05) is 19.3 Å². The summed E-state index contributed by atoms with van der Waals surface area (Å²) in [6, 6.07) is 0.739. The van der Waals surface area contributed by atoms with E-state index in [0.717, 1.165) is 25.2 Å². The van der Waals surface area contributed by atoms with Crippen LogP contribution in [0.15, 0.2) is 0 Å². The lowest BCUT2D eigenvalue weighted by atomic mass is 9.85. The van der Waals surface area contributed by atoms with Crippen LogP contribution >= 0.6 is 0 Å². The lowest BCUT2D eigenvalue weighted by Crippen LogP contribution is -2.35. The van der Waals surface area contributed by atoms with E-state index < -0.39 is 0 Å². The molecule has 1 aliphatic heterocycles. The van der Waals surface area contributed by atoms with E-state index >= 15 is 0 Å². The van der Waals surface area contributed by atoms with Gasteiger partial charge in [0.15, 0.2) is 0 Å². The molecule has 1 atom stereocenters. The third kappa shape index (κ3) is 2.96. The number of nitrogens with one attached hydrogen (secondary N) is 1. The summed E-state index contributed by atoms with van der Waals surface area (Å²) in [5.41, 5.74) is 0. The van der Waals surface area contributed by atoms with Crippen molar-refractivity contribution < 1.29 is 4.74 Å². The molecule has 2 nitrogen and oxygen atoms in total. The van der Waals surface area contributed by atoms with Gasteiger partial charge in [-0.3, -0.25) is 0 Å². The molecule has 0 aromatic rings. The summed E-state index contributed by atoms with van der Waals surface area (Å²) in [6.45, 7) is 3.19. The summed E-state index contributed by atoms with van der Waals surface area (Å²) in [4.78, 5) is 0. The molecule has 13 heavy (non-hydrogen) atoms. The van der Waals surface area contributed by atoms with Crippen LogP contribution in [0.4, 0.5) is 0 Å². The van der Waals surface area contributed by atoms with Crippen molar-refractivity contribution in [3.05, 3.63) is 0 Å². The Morgan fingerprint density at radius 1 is 1.00 bits per heavy atom. The Morgan fingerprint density at radius 3 is 2.69 bits per heavy atom. The van der Waals surface area contributed by atoms with Crippen LogP contribution in [0.5, 0.6) is 0 Å². The SMILES string of the molecule is C1CC(CNC2CCCOCC2)C1. The fourth-order valence-corrected chi connectivity index (χ4v) is 2.14. The maximum absolute atomic E-state index is 5.43. The zero-order chi connectivity index (χ0) is 8.93. The van der Waals surface area contributed by atoms with Crippen LogP contribution in [-0.4, -0.2) is 25.8 Å². The summed E-state index contributed by atoms with van der Waals surface area (Å²) >= 11 is 0. The van der Waals surface area contributed by atoms with Gasteiger partial charge in [-0.05, 0) is 44.6 Å². The van der Waals surface area contributed by atoms with Gasteiger partial charge < -0.3 is 10.1 Å². The molecule has 2 rings (SSSR count). The van der Waals surface area contributed by atoms with E-state index in [4.69, 9.17) is 4.74 Å². The van der Waals surface area contributed by atoms with E-state index in [-0.39, 0.29) is 0 Å². The van der Waals surface area contributed by atoms with Crippen molar-refractivity contribution in [1.82, 2.24) is 5.32 Å². The molecule has 2 heteroatoms. The first-order valence-electron chi connectivity index (χ1n) is 5.76. The topological polar surface area (TPSA) is 21.3 Å². The van der Waals surface area contributed by atoms with Crippen LogP contribution in [0.3, 0.4) is 0 Å². The predicted octanol–water partition coefficient (Wildman–Crippen LogP) is 1.95. The fraction of sp³-hybridized carbons (Fsp3) is 1.00. The lowest BCUT2D eigenvalue weighted by Gasteiger charge is -2.27.